The second-order valence-corrected chi connectivity index (χ2v) is 7.29. The molecule has 2 fully saturated rings. The molecule has 0 spiro atoms. The molecule has 3 rings (SSSR count). The van der Waals surface area contributed by atoms with E-state index in [1.165, 1.54) is 6.42 Å². The highest BCUT2D eigenvalue weighted by Gasteiger charge is 2.31. The van der Waals surface area contributed by atoms with E-state index in [2.05, 4.69) is 28.7 Å². The molecule has 1 aromatic heterocycles. The van der Waals surface area contributed by atoms with E-state index in [1.807, 2.05) is 13.1 Å². The molecule has 0 unspecified atom stereocenters. The lowest BCUT2D eigenvalue weighted by atomic mass is 10.0. The Morgan fingerprint density at radius 2 is 2.04 bits per heavy atom. The first-order valence-electron chi connectivity index (χ1n) is 9.21. The van der Waals surface area contributed by atoms with Gasteiger partial charge in [0.2, 0.25) is 0 Å². The van der Waals surface area contributed by atoms with Crippen molar-refractivity contribution in [2.75, 3.05) is 39.4 Å². The number of nitrogens with zero attached hydrogens (tertiary/aromatic N) is 4. The van der Waals surface area contributed by atoms with Gasteiger partial charge in [0.1, 0.15) is 5.69 Å². The maximum atomic E-state index is 13.1. The quantitative estimate of drug-likeness (QED) is 0.843. The Balaban J connectivity index is 1.73. The molecule has 0 saturated carbocycles. The fourth-order valence-electron chi connectivity index (χ4n) is 3.66. The number of morpholine rings is 1. The van der Waals surface area contributed by atoms with Crippen LogP contribution in [0.25, 0.3) is 0 Å². The minimum atomic E-state index is 0.134. The molecule has 1 aromatic rings. The van der Waals surface area contributed by atoms with Gasteiger partial charge in [-0.1, -0.05) is 13.8 Å². The summed E-state index contributed by atoms with van der Waals surface area (Å²) < 4.78 is 7.19. The van der Waals surface area contributed by atoms with Gasteiger partial charge in [0.15, 0.2) is 0 Å². The lowest BCUT2D eigenvalue weighted by Gasteiger charge is -2.39. The number of piperidine rings is 1. The van der Waals surface area contributed by atoms with Gasteiger partial charge < -0.3 is 9.64 Å². The molecule has 0 aromatic carbocycles. The van der Waals surface area contributed by atoms with E-state index in [1.54, 1.807) is 4.68 Å². The normalized spacial score (nSPS) is 23.0. The van der Waals surface area contributed by atoms with Gasteiger partial charge in [-0.05, 0) is 31.2 Å². The minimum absolute atomic E-state index is 0.134. The largest absolute Gasteiger partial charge is 0.379 e. The van der Waals surface area contributed by atoms with Crippen LogP contribution in [0.3, 0.4) is 0 Å². The van der Waals surface area contributed by atoms with Crippen molar-refractivity contribution in [1.29, 1.82) is 0 Å². The number of aromatic nitrogens is 2. The van der Waals surface area contributed by atoms with E-state index in [0.29, 0.717) is 17.7 Å². The molecule has 134 valence electrons. The maximum absolute atomic E-state index is 13.1. The zero-order valence-corrected chi connectivity index (χ0v) is 15.2. The van der Waals surface area contributed by atoms with E-state index < -0.39 is 0 Å². The van der Waals surface area contributed by atoms with Crippen molar-refractivity contribution in [2.45, 2.75) is 45.1 Å². The van der Waals surface area contributed by atoms with Gasteiger partial charge in [-0.3, -0.25) is 14.4 Å². The molecule has 2 aliphatic heterocycles. The molecule has 2 saturated heterocycles. The van der Waals surface area contributed by atoms with Gasteiger partial charge in [0.05, 0.1) is 18.9 Å². The van der Waals surface area contributed by atoms with E-state index in [-0.39, 0.29) is 5.91 Å². The Bertz CT molecular complexity index is 563. The van der Waals surface area contributed by atoms with Crippen LogP contribution >= 0.6 is 0 Å². The third-order valence-corrected chi connectivity index (χ3v) is 5.17. The lowest BCUT2D eigenvalue weighted by Crippen LogP contribution is -2.51. The van der Waals surface area contributed by atoms with E-state index in [9.17, 15) is 4.79 Å². The number of rotatable bonds is 4. The predicted molar refractivity (Wildman–Crippen MR) is 93.2 cm³/mol. The van der Waals surface area contributed by atoms with Crippen LogP contribution in [-0.4, -0.2) is 70.9 Å². The number of aryl methyl sites for hydroxylation is 1. The van der Waals surface area contributed by atoms with Gasteiger partial charge >= 0.3 is 0 Å². The van der Waals surface area contributed by atoms with Crippen molar-refractivity contribution in [3.8, 4) is 0 Å². The van der Waals surface area contributed by atoms with Crippen molar-refractivity contribution in [2.24, 2.45) is 7.05 Å². The summed E-state index contributed by atoms with van der Waals surface area (Å²) >= 11 is 0. The molecule has 0 bridgehead atoms. The summed E-state index contributed by atoms with van der Waals surface area (Å²) in [5.74, 6) is 0.470. The fraction of sp³-hybridized carbons (Fsp3) is 0.778. The van der Waals surface area contributed by atoms with Gasteiger partial charge in [-0.2, -0.15) is 5.10 Å². The number of hydrogen-bond acceptors (Lipinski definition) is 4. The van der Waals surface area contributed by atoms with Gasteiger partial charge in [0.25, 0.3) is 5.91 Å². The second-order valence-electron chi connectivity index (χ2n) is 7.29. The van der Waals surface area contributed by atoms with Gasteiger partial charge in [-0.25, -0.2) is 0 Å². The van der Waals surface area contributed by atoms with E-state index >= 15 is 0 Å². The van der Waals surface area contributed by atoms with Crippen LogP contribution in [0, 0.1) is 0 Å². The van der Waals surface area contributed by atoms with Crippen LogP contribution in [0.1, 0.15) is 55.2 Å². The predicted octanol–water partition coefficient (Wildman–Crippen LogP) is 1.87. The summed E-state index contributed by atoms with van der Waals surface area (Å²) in [6.07, 6.45) is 3.40. The van der Waals surface area contributed by atoms with Crippen LogP contribution in [0.4, 0.5) is 0 Å². The van der Waals surface area contributed by atoms with Crippen LogP contribution in [0.2, 0.25) is 0 Å². The molecule has 3 heterocycles. The summed E-state index contributed by atoms with van der Waals surface area (Å²) in [5.41, 5.74) is 1.70. The third kappa shape index (κ3) is 3.81. The zero-order chi connectivity index (χ0) is 17.1. The number of hydrogen-bond donors (Lipinski definition) is 0. The molecule has 0 N–H and O–H groups in total. The van der Waals surface area contributed by atoms with Crippen LogP contribution < -0.4 is 0 Å². The number of likely N-dealkylation sites (tertiary alicyclic amines) is 1. The fourth-order valence-corrected chi connectivity index (χ4v) is 3.66. The Morgan fingerprint density at radius 1 is 1.29 bits per heavy atom. The SMILES string of the molecule is CC(C)c1cc(C(=O)N2CCCC[C@@H]2CN2CCOCC2)n(C)n1. The third-order valence-electron chi connectivity index (χ3n) is 5.17. The lowest BCUT2D eigenvalue weighted by molar-refractivity contribution is 0.0163. The van der Waals surface area contributed by atoms with E-state index in [4.69, 9.17) is 4.74 Å². The molecule has 0 radical (unpaired) electrons. The van der Waals surface area contributed by atoms with E-state index in [0.717, 1.165) is 57.9 Å². The molecule has 6 heteroatoms. The van der Waals surface area contributed by atoms with Crippen LogP contribution in [-0.2, 0) is 11.8 Å². The Hall–Kier alpha value is -1.40. The van der Waals surface area contributed by atoms with Crippen molar-refractivity contribution in [3.63, 3.8) is 0 Å². The summed E-state index contributed by atoms with van der Waals surface area (Å²) in [5, 5.41) is 4.51. The maximum Gasteiger partial charge on any atom is 0.272 e. The first-order chi connectivity index (χ1) is 11.6. The molecule has 1 atom stereocenters. The Morgan fingerprint density at radius 3 is 2.71 bits per heavy atom. The highest BCUT2D eigenvalue weighted by molar-refractivity contribution is 5.93. The summed E-state index contributed by atoms with van der Waals surface area (Å²) in [4.78, 5) is 17.6. The monoisotopic (exact) mass is 334 g/mol. The topological polar surface area (TPSA) is 50.6 Å². The zero-order valence-electron chi connectivity index (χ0n) is 15.2. The summed E-state index contributed by atoms with van der Waals surface area (Å²) in [7, 11) is 1.88. The molecular weight excluding hydrogens is 304 g/mol. The highest BCUT2D eigenvalue weighted by atomic mass is 16.5. The van der Waals surface area contributed by atoms with Gasteiger partial charge in [-0.15, -0.1) is 0 Å². The van der Waals surface area contributed by atoms with Crippen molar-refractivity contribution in [1.82, 2.24) is 19.6 Å². The number of carbonyl (C=O) groups is 1. The Kier molecular flexibility index (Phi) is 5.56. The highest BCUT2D eigenvalue weighted by Crippen LogP contribution is 2.22. The molecule has 1 amide bonds. The molecular formula is C18H30N4O2. The second kappa shape index (κ2) is 7.66. The molecule has 2 aliphatic rings. The van der Waals surface area contributed by atoms with Crippen LogP contribution in [0.5, 0.6) is 0 Å². The van der Waals surface area contributed by atoms with Gasteiger partial charge in [0, 0.05) is 39.3 Å². The molecule has 24 heavy (non-hydrogen) atoms. The Labute approximate surface area is 144 Å². The summed E-state index contributed by atoms with van der Waals surface area (Å²) in [6, 6.07) is 2.27. The van der Waals surface area contributed by atoms with Crippen LogP contribution in [0.15, 0.2) is 6.07 Å². The smallest absolute Gasteiger partial charge is 0.272 e. The standard InChI is InChI=1S/C18H30N4O2/c1-14(2)16-12-17(20(3)19-16)18(23)22-7-5-4-6-15(22)13-21-8-10-24-11-9-21/h12,14-15H,4-11,13H2,1-3H3/t15-/m1/s1. The molecule has 6 nitrogen and oxygen atoms in total. The summed E-state index contributed by atoms with van der Waals surface area (Å²) in [6.45, 7) is 9.60. The minimum Gasteiger partial charge on any atom is -0.379 e. The number of ether oxygens (including phenoxy) is 1. The molecule has 0 aliphatic carbocycles. The average molecular weight is 334 g/mol. The van der Waals surface area contributed by atoms with Crippen molar-refractivity contribution >= 4 is 5.91 Å². The van der Waals surface area contributed by atoms with Crippen molar-refractivity contribution in [3.05, 3.63) is 17.5 Å². The number of carbonyl (C=O) groups excluding carboxylic acids is 1. The first-order valence-corrected chi connectivity index (χ1v) is 9.21. The van der Waals surface area contributed by atoms with Crippen molar-refractivity contribution < 1.29 is 9.53 Å². The number of amides is 1. The average Bonchev–Trinajstić information content (AvgIpc) is 2.98. The first kappa shape index (κ1) is 17.4.